The van der Waals surface area contributed by atoms with Gasteiger partial charge in [-0.05, 0) is 64.2 Å². The maximum atomic E-state index is 5.37. The van der Waals surface area contributed by atoms with Gasteiger partial charge < -0.3 is 15.0 Å². The van der Waals surface area contributed by atoms with Crippen molar-refractivity contribution in [2.45, 2.75) is 43.7 Å². The van der Waals surface area contributed by atoms with E-state index in [1.807, 2.05) is 6.07 Å². The highest BCUT2D eigenvalue weighted by molar-refractivity contribution is 9.10. The zero-order valence-corrected chi connectivity index (χ0v) is 15.2. The Morgan fingerprint density at radius 1 is 1.33 bits per heavy atom. The maximum Gasteiger partial charge on any atom is 0.119 e. The summed E-state index contributed by atoms with van der Waals surface area (Å²) in [6.07, 6.45) is 6.21. The fourth-order valence-electron chi connectivity index (χ4n) is 3.71. The molecular formula is C17H27BrN2O. The third-order valence-electron chi connectivity index (χ3n) is 5.03. The van der Waals surface area contributed by atoms with E-state index in [0.29, 0.717) is 6.04 Å². The summed E-state index contributed by atoms with van der Waals surface area (Å²) in [5, 5.41) is 3.58. The number of hydrogen-bond donors (Lipinski definition) is 1. The summed E-state index contributed by atoms with van der Waals surface area (Å²) in [5.41, 5.74) is 1.57. The molecule has 0 radical (unpaired) electrons. The largest absolute Gasteiger partial charge is 0.497 e. The zero-order chi connectivity index (χ0) is 15.5. The van der Waals surface area contributed by atoms with Crippen LogP contribution in [0.2, 0.25) is 0 Å². The van der Waals surface area contributed by atoms with E-state index in [1.54, 1.807) is 7.11 Å². The first-order valence-electron chi connectivity index (χ1n) is 7.70. The summed E-state index contributed by atoms with van der Waals surface area (Å²) < 4.78 is 6.53. The first kappa shape index (κ1) is 16.8. The monoisotopic (exact) mass is 354 g/mol. The Morgan fingerprint density at radius 3 is 2.52 bits per heavy atom. The molecule has 1 atom stereocenters. The second kappa shape index (κ2) is 7.12. The van der Waals surface area contributed by atoms with Gasteiger partial charge in [-0.2, -0.15) is 0 Å². The maximum absolute atomic E-state index is 5.37. The van der Waals surface area contributed by atoms with Crippen molar-refractivity contribution in [1.82, 2.24) is 10.2 Å². The van der Waals surface area contributed by atoms with Gasteiger partial charge in [-0.25, -0.2) is 0 Å². The lowest BCUT2D eigenvalue weighted by Crippen LogP contribution is -2.57. The lowest BCUT2D eigenvalue weighted by Gasteiger charge is -2.43. The number of rotatable bonds is 6. The molecule has 0 aromatic heterocycles. The average molecular weight is 355 g/mol. The fourth-order valence-corrected chi connectivity index (χ4v) is 4.12. The Balaban J connectivity index is 2.26. The first-order chi connectivity index (χ1) is 10.0. The van der Waals surface area contributed by atoms with Crippen LogP contribution in [-0.2, 0) is 6.42 Å². The normalized spacial score (nSPS) is 19.0. The molecule has 1 aliphatic rings. The van der Waals surface area contributed by atoms with Gasteiger partial charge in [-0.3, -0.25) is 0 Å². The van der Waals surface area contributed by atoms with Crippen LogP contribution >= 0.6 is 15.9 Å². The van der Waals surface area contributed by atoms with Crippen molar-refractivity contribution in [2.24, 2.45) is 0 Å². The van der Waals surface area contributed by atoms with E-state index >= 15 is 0 Å². The molecule has 4 heteroatoms. The van der Waals surface area contributed by atoms with E-state index in [-0.39, 0.29) is 5.54 Å². The standard InChI is InChI=1S/C17H27BrN2O/c1-19-16(17(20(2)3)9-5-6-10-17)12-13-11-14(21-4)7-8-15(13)18/h7-8,11,16,19H,5-6,9-10,12H2,1-4H3. The predicted octanol–water partition coefficient (Wildman–Crippen LogP) is 3.46. The smallest absolute Gasteiger partial charge is 0.119 e. The van der Waals surface area contributed by atoms with Gasteiger partial charge in [0, 0.05) is 16.1 Å². The van der Waals surface area contributed by atoms with Gasteiger partial charge >= 0.3 is 0 Å². The lowest BCUT2D eigenvalue weighted by atomic mass is 9.83. The second-order valence-corrected chi connectivity index (χ2v) is 7.06. The topological polar surface area (TPSA) is 24.5 Å². The third kappa shape index (κ3) is 3.43. The van der Waals surface area contributed by atoms with Crippen LogP contribution in [0.15, 0.2) is 22.7 Å². The number of likely N-dealkylation sites (N-methyl/N-ethyl adjacent to an activating group) is 2. The number of benzene rings is 1. The third-order valence-corrected chi connectivity index (χ3v) is 5.81. The average Bonchev–Trinajstić information content (AvgIpc) is 2.97. The molecule has 1 unspecified atom stereocenters. The molecule has 0 bridgehead atoms. The summed E-state index contributed by atoms with van der Waals surface area (Å²) in [4.78, 5) is 2.43. The number of nitrogens with one attached hydrogen (secondary N) is 1. The van der Waals surface area contributed by atoms with Crippen LogP contribution in [0.1, 0.15) is 31.2 Å². The van der Waals surface area contributed by atoms with Crippen LogP contribution in [-0.4, -0.2) is 44.7 Å². The van der Waals surface area contributed by atoms with Gasteiger partial charge in [0.15, 0.2) is 0 Å². The molecule has 1 fully saturated rings. The van der Waals surface area contributed by atoms with Gasteiger partial charge in [0.2, 0.25) is 0 Å². The summed E-state index contributed by atoms with van der Waals surface area (Å²) in [6, 6.07) is 6.67. The molecule has 2 rings (SSSR count). The van der Waals surface area contributed by atoms with E-state index < -0.39 is 0 Å². The Morgan fingerprint density at radius 2 is 2.00 bits per heavy atom. The van der Waals surface area contributed by atoms with Gasteiger partial charge in [-0.15, -0.1) is 0 Å². The Hall–Kier alpha value is -0.580. The Kier molecular flexibility index (Phi) is 5.69. The predicted molar refractivity (Wildman–Crippen MR) is 92.1 cm³/mol. The quantitative estimate of drug-likeness (QED) is 0.846. The SMILES string of the molecule is CNC(Cc1cc(OC)ccc1Br)C1(N(C)C)CCCC1. The van der Waals surface area contributed by atoms with E-state index in [4.69, 9.17) is 4.74 Å². The molecule has 21 heavy (non-hydrogen) atoms. The first-order valence-corrected chi connectivity index (χ1v) is 8.50. The highest BCUT2D eigenvalue weighted by Crippen LogP contribution is 2.38. The molecule has 0 amide bonds. The minimum Gasteiger partial charge on any atom is -0.497 e. The number of ether oxygens (including phenoxy) is 1. The van der Waals surface area contributed by atoms with Crippen molar-refractivity contribution in [2.75, 3.05) is 28.3 Å². The fraction of sp³-hybridized carbons (Fsp3) is 0.647. The summed E-state index contributed by atoms with van der Waals surface area (Å²) in [5.74, 6) is 0.924. The van der Waals surface area contributed by atoms with Gasteiger partial charge in [0.1, 0.15) is 5.75 Å². The summed E-state index contributed by atoms with van der Waals surface area (Å²) in [6.45, 7) is 0. The molecular weight excluding hydrogens is 328 g/mol. The van der Waals surface area contributed by atoms with E-state index in [9.17, 15) is 0 Å². The molecule has 1 saturated carbocycles. The number of hydrogen-bond acceptors (Lipinski definition) is 3. The Bertz CT molecular complexity index is 470. The van der Waals surface area contributed by atoms with Crippen LogP contribution in [0, 0.1) is 0 Å². The van der Waals surface area contributed by atoms with Crippen molar-refractivity contribution < 1.29 is 4.74 Å². The molecule has 1 aliphatic carbocycles. The molecule has 0 heterocycles. The molecule has 1 N–H and O–H groups in total. The molecule has 0 aliphatic heterocycles. The van der Waals surface area contributed by atoms with Crippen molar-refractivity contribution in [3.05, 3.63) is 28.2 Å². The van der Waals surface area contributed by atoms with Crippen LogP contribution < -0.4 is 10.1 Å². The zero-order valence-electron chi connectivity index (χ0n) is 13.6. The number of methoxy groups -OCH3 is 1. The number of nitrogens with zero attached hydrogens (tertiary/aromatic N) is 1. The highest BCUT2D eigenvalue weighted by Gasteiger charge is 2.42. The van der Waals surface area contributed by atoms with E-state index in [0.717, 1.165) is 16.6 Å². The van der Waals surface area contributed by atoms with Crippen LogP contribution in [0.25, 0.3) is 0 Å². The molecule has 118 valence electrons. The molecule has 3 nitrogen and oxygen atoms in total. The van der Waals surface area contributed by atoms with Crippen molar-refractivity contribution in [3.63, 3.8) is 0 Å². The summed E-state index contributed by atoms with van der Waals surface area (Å²) in [7, 11) is 8.25. The molecule has 1 aromatic carbocycles. The summed E-state index contributed by atoms with van der Waals surface area (Å²) >= 11 is 3.68. The molecule has 1 aromatic rings. The van der Waals surface area contributed by atoms with Crippen molar-refractivity contribution in [3.8, 4) is 5.75 Å². The minimum atomic E-state index is 0.261. The van der Waals surface area contributed by atoms with Crippen molar-refractivity contribution in [1.29, 1.82) is 0 Å². The van der Waals surface area contributed by atoms with E-state index in [1.165, 1.54) is 31.2 Å². The van der Waals surface area contributed by atoms with Gasteiger partial charge in [0.25, 0.3) is 0 Å². The van der Waals surface area contributed by atoms with Crippen LogP contribution in [0.3, 0.4) is 0 Å². The van der Waals surface area contributed by atoms with Gasteiger partial charge in [-0.1, -0.05) is 28.8 Å². The van der Waals surface area contributed by atoms with E-state index in [2.05, 4.69) is 59.4 Å². The molecule has 0 spiro atoms. The lowest BCUT2D eigenvalue weighted by molar-refractivity contribution is 0.108. The van der Waals surface area contributed by atoms with Crippen molar-refractivity contribution >= 4 is 15.9 Å². The Labute approximate surface area is 137 Å². The minimum absolute atomic E-state index is 0.261. The molecule has 0 saturated heterocycles. The number of halogens is 1. The second-order valence-electron chi connectivity index (χ2n) is 6.21. The van der Waals surface area contributed by atoms with Crippen LogP contribution in [0.4, 0.5) is 0 Å². The van der Waals surface area contributed by atoms with Crippen LogP contribution in [0.5, 0.6) is 5.75 Å². The van der Waals surface area contributed by atoms with Gasteiger partial charge in [0.05, 0.1) is 7.11 Å². The highest BCUT2D eigenvalue weighted by atomic mass is 79.9.